The third-order valence-electron chi connectivity index (χ3n) is 7.19. The lowest BCUT2D eigenvalue weighted by Crippen LogP contribution is -2.06. The van der Waals surface area contributed by atoms with Crippen molar-refractivity contribution >= 4 is 0 Å². The van der Waals surface area contributed by atoms with Gasteiger partial charge in [0.15, 0.2) is 0 Å². The molecule has 0 aromatic heterocycles. The van der Waals surface area contributed by atoms with Crippen LogP contribution in [0.1, 0.15) is 71.2 Å². The first-order chi connectivity index (χ1) is 18.6. The van der Waals surface area contributed by atoms with Crippen molar-refractivity contribution in [2.45, 2.75) is 52.4 Å². The second-order valence-electron chi connectivity index (χ2n) is 10.1. The van der Waals surface area contributed by atoms with E-state index in [1.165, 1.54) is 0 Å². The Labute approximate surface area is 225 Å². The monoisotopic (exact) mass is 508 g/mol. The van der Waals surface area contributed by atoms with Crippen LogP contribution in [0.3, 0.4) is 0 Å². The highest BCUT2D eigenvalue weighted by Crippen LogP contribution is 2.38. The Morgan fingerprint density at radius 3 is 1.00 bits per heavy atom. The molecule has 0 amide bonds. The van der Waals surface area contributed by atoms with Gasteiger partial charge in [-0.1, -0.05) is 86.6 Å². The summed E-state index contributed by atoms with van der Waals surface area (Å²) in [6.07, 6.45) is 4.01. The Morgan fingerprint density at radius 1 is 0.474 bits per heavy atom. The molecule has 0 atom stereocenters. The Bertz CT molecular complexity index is 1230. The van der Waals surface area contributed by atoms with Gasteiger partial charge < -0.3 is 19.7 Å². The minimum atomic E-state index is 0.321. The fraction of sp³-hybridized carbons (Fsp3) is 0.294. The van der Waals surface area contributed by atoms with Crippen molar-refractivity contribution in [1.29, 1.82) is 0 Å². The SMILES string of the molecule is CCCOc1c2cccc1Cc1cccc(c1O)Cc1cccc(c1OCCC)Cc1cccc(c1O)C2. The molecule has 0 aliphatic heterocycles. The fourth-order valence-electron chi connectivity index (χ4n) is 5.29. The lowest BCUT2D eigenvalue weighted by atomic mass is 9.91. The third-order valence-corrected chi connectivity index (χ3v) is 7.19. The first-order valence-electron chi connectivity index (χ1n) is 13.7. The molecule has 0 saturated heterocycles. The molecule has 4 aromatic rings. The van der Waals surface area contributed by atoms with E-state index >= 15 is 0 Å². The standard InChI is InChI=1S/C34H36O4/c1-3-17-37-33-27-13-7-14-28(33)20-24-10-6-12-26(32(24)36)22-30-16-8-15-29(34(30)38-18-4-2)21-25-11-5-9-23(19-27)31(25)35/h5-16,35-36H,3-4,17-22H2,1-2H3. The van der Waals surface area contributed by atoms with E-state index in [1.54, 1.807) is 0 Å². The summed E-state index contributed by atoms with van der Waals surface area (Å²) in [4.78, 5) is 0. The van der Waals surface area contributed by atoms with Crippen LogP contribution < -0.4 is 9.47 Å². The van der Waals surface area contributed by atoms with Crippen molar-refractivity contribution in [3.05, 3.63) is 117 Å². The zero-order valence-corrected chi connectivity index (χ0v) is 22.3. The molecule has 2 N–H and O–H groups in total. The molecule has 38 heavy (non-hydrogen) atoms. The van der Waals surface area contributed by atoms with E-state index in [4.69, 9.17) is 9.47 Å². The molecule has 196 valence electrons. The molecule has 0 spiro atoms. The number of benzene rings is 4. The van der Waals surface area contributed by atoms with Crippen molar-refractivity contribution in [3.8, 4) is 23.0 Å². The Hall–Kier alpha value is -3.92. The highest BCUT2D eigenvalue weighted by molar-refractivity contribution is 5.55. The van der Waals surface area contributed by atoms with Gasteiger partial charge in [0, 0.05) is 25.7 Å². The first-order valence-corrected chi connectivity index (χ1v) is 13.7. The summed E-state index contributed by atoms with van der Waals surface area (Å²) in [5.74, 6) is 2.33. The number of ether oxygens (including phenoxy) is 2. The molecule has 1 aliphatic carbocycles. The summed E-state index contributed by atoms with van der Waals surface area (Å²) in [6, 6.07) is 24.3. The number of phenols is 2. The molecule has 4 nitrogen and oxygen atoms in total. The summed E-state index contributed by atoms with van der Waals surface area (Å²) in [5.41, 5.74) is 7.57. The maximum atomic E-state index is 11.4. The highest BCUT2D eigenvalue weighted by atomic mass is 16.5. The zero-order valence-electron chi connectivity index (χ0n) is 22.3. The number of para-hydroxylation sites is 4. The molecule has 0 fully saturated rings. The Balaban J connectivity index is 1.70. The van der Waals surface area contributed by atoms with E-state index in [9.17, 15) is 10.2 Å². The molecular formula is C34H36O4. The predicted molar refractivity (Wildman–Crippen MR) is 152 cm³/mol. The largest absolute Gasteiger partial charge is 0.507 e. The van der Waals surface area contributed by atoms with Gasteiger partial charge in [0.05, 0.1) is 13.2 Å². The molecule has 0 radical (unpaired) electrons. The van der Waals surface area contributed by atoms with Crippen LogP contribution in [0.5, 0.6) is 23.0 Å². The number of aromatic hydroxyl groups is 2. The quantitative estimate of drug-likeness (QED) is 0.252. The minimum Gasteiger partial charge on any atom is -0.507 e. The average molecular weight is 509 g/mol. The molecule has 1 aliphatic rings. The molecule has 8 bridgehead atoms. The molecule has 0 saturated carbocycles. The zero-order chi connectivity index (χ0) is 26.5. The van der Waals surface area contributed by atoms with Crippen LogP contribution in [0.25, 0.3) is 0 Å². The van der Waals surface area contributed by atoms with Crippen molar-refractivity contribution in [2.24, 2.45) is 0 Å². The molecule has 0 unspecified atom stereocenters. The van der Waals surface area contributed by atoms with Gasteiger partial charge >= 0.3 is 0 Å². The first kappa shape index (κ1) is 25.7. The van der Waals surface area contributed by atoms with E-state index < -0.39 is 0 Å². The van der Waals surface area contributed by atoms with Crippen LogP contribution in [0, 0.1) is 0 Å². The smallest absolute Gasteiger partial charge is 0.126 e. The van der Waals surface area contributed by atoms with Gasteiger partial charge in [-0.15, -0.1) is 0 Å². The van der Waals surface area contributed by atoms with E-state index in [2.05, 4.69) is 38.1 Å². The minimum absolute atomic E-state index is 0.321. The number of hydrogen-bond acceptors (Lipinski definition) is 4. The van der Waals surface area contributed by atoms with Gasteiger partial charge in [-0.3, -0.25) is 0 Å². The summed E-state index contributed by atoms with van der Waals surface area (Å²) in [7, 11) is 0. The Morgan fingerprint density at radius 2 is 0.737 bits per heavy atom. The lowest BCUT2D eigenvalue weighted by molar-refractivity contribution is 0.311. The molecule has 5 rings (SSSR count). The van der Waals surface area contributed by atoms with Gasteiger partial charge in [0.2, 0.25) is 0 Å². The van der Waals surface area contributed by atoms with Crippen molar-refractivity contribution < 1.29 is 19.7 Å². The molecule has 0 heterocycles. The summed E-state index contributed by atoms with van der Waals surface area (Å²) in [6.45, 7) is 5.41. The predicted octanol–water partition coefficient (Wildman–Crippen LogP) is 7.35. The van der Waals surface area contributed by atoms with Crippen molar-refractivity contribution in [3.63, 3.8) is 0 Å². The van der Waals surface area contributed by atoms with Gasteiger partial charge in [-0.25, -0.2) is 0 Å². The summed E-state index contributed by atoms with van der Waals surface area (Å²) >= 11 is 0. The normalized spacial score (nSPS) is 12.7. The maximum Gasteiger partial charge on any atom is 0.126 e. The van der Waals surface area contributed by atoms with Gasteiger partial charge in [-0.05, 0) is 57.3 Å². The van der Waals surface area contributed by atoms with Gasteiger partial charge in [0.1, 0.15) is 23.0 Å². The summed E-state index contributed by atoms with van der Waals surface area (Å²) < 4.78 is 12.6. The Kier molecular flexibility index (Phi) is 7.88. The molecule has 4 aromatic carbocycles. The summed E-state index contributed by atoms with van der Waals surface area (Å²) in [5, 5.41) is 22.8. The lowest BCUT2D eigenvalue weighted by Gasteiger charge is -2.20. The van der Waals surface area contributed by atoms with E-state index in [0.29, 0.717) is 50.4 Å². The van der Waals surface area contributed by atoms with E-state index in [1.807, 2.05) is 48.5 Å². The number of rotatable bonds is 6. The average Bonchev–Trinajstić information content (AvgIpc) is 2.92. The van der Waals surface area contributed by atoms with E-state index in [-0.39, 0.29) is 0 Å². The van der Waals surface area contributed by atoms with Gasteiger partial charge in [-0.2, -0.15) is 0 Å². The number of fused-ring (bicyclic) bond motifs is 8. The van der Waals surface area contributed by atoms with Crippen molar-refractivity contribution in [1.82, 2.24) is 0 Å². The topological polar surface area (TPSA) is 58.9 Å². The second-order valence-corrected chi connectivity index (χ2v) is 10.1. The van der Waals surface area contributed by atoms with Gasteiger partial charge in [0.25, 0.3) is 0 Å². The molecular weight excluding hydrogens is 472 g/mol. The maximum absolute atomic E-state index is 11.4. The number of phenolic OH excluding ortho intramolecular Hbond substituents is 2. The van der Waals surface area contributed by atoms with Crippen LogP contribution in [-0.2, 0) is 25.7 Å². The van der Waals surface area contributed by atoms with Crippen LogP contribution in [-0.4, -0.2) is 23.4 Å². The number of hydrogen-bond donors (Lipinski definition) is 2. The fourth-order valence-corrected chi connectivity index (χ4v) is 5.29. The van der Waals surface area contributed by atoms with Crippen LogP contribution >= 0.6 is 0 Å². The van der Waals surface area contributed by atoms with Crippen LogP contribution in [0.15, 0.2) is 72.8 Å². The van der Waals surface area contributed by atoms with Crippen LogP contribution in [0.2, 0.25) is 0 Å². The molecule has 4 heteroatoms. The highest BCUT2D eigenvalue weighted by Gasteiger charge is 2.19. The van der Waals surface area contributed by atoms with Crippen LogP contribution in [0.4, 0.5) is 0 Å². The van der Waals surface area contributed by atoms with Crippen molar-refractivity contribution in [2.75, 3.05) is 13.2 Å². The second kappa shape index (κ2) is 11.6. The third kappa shape index (κ3) is 5.35. The van der Waals surface area contributed by atoms with E-state index in [0.717, 1.165) is 68.8 Å².